The molecule has 2 amide bonds. The summed E-state index contributed by atoms with van der Waals surface area (Å²) in [6, 6.07) is 10.2. The smallest absolute Gasteiger partial charge is 0.253 e. The zero-order valence-corrected chi connectivity index (χ0v) is 15.2. The molecule has 6 heteroatoms. The van der Waals surface area contributed by atoms with Crippen LogP contribution < -0.4 is 10.6 Å². The molecule has 1 aromatic carbocycles. The van der Waals surface area contributed by atoms with Crippen molar-refractivity contribution in [1.29, 1.82) is 0 Å². The molecule has 1 heterocycles. The van der Waals surface area contributed by atoms with E-state index in [1.54, 1.807) is 30.6 Å². The average molecular weight is 390 g/mol. The molecule has 1 aromatic heterocycles. The average Bonchev–Trinajstić information content (AvgIpc) is 2.58. The largest absolute Gasteiger partial charge is 0.350 e. The lowest BCUT2D eigenvalue weighted by Gasteiger charge is -2.22. The Labute approximate surface area is 150 Å². The Kier molecular flexibility index (Phi) is 6.49. The number of nitrogens with one attached hydrogen (secondary N) is 2. The number of pyridine rings is 1. The highest BCUT2D eigenvalue weighted by Gasteiger charge is 2.25. The maximum atomic E-state index is 12.5. The molecule has 0 spiro atoms. The van der Waals surface area contributed by atoms with Crippen LogP contribution in [0.15, 0.2) is 53.3 Å². The van der Waals surface area contributed by atoms with Gasteiger partial charge in [-0.3, -0.25) is 14.6 Å². The Hall–Kier alpha value is -2.21. The number of aromatic nitrogens is 1. The molecule has 0 aliphatic heterocycles. The van der Waals surface area contributed by atoms with Gasteiger partial charge >= 0.3 is 0 Å². The molecule has 24 heavy (non-hydrogen) atoms. The maximum absolute atomic E-state index is 12.5. The highest BCUT2D eigenvalue weighted by molar-refractivity contribution is 9.10. The zero-order valence-electron chi connectivity index (χ0n) is 13.6. The number of nitrogens with zero attached hydrogens (tertiary/aromatic N) is 1. The van der Waals surface area contributed by atoms with Crippen LogP contribution in [0.5, 0.6) is 0 Å². The van der Waals surface area contributed by atoms with Gasteiger partial charge in [-0.05, 0) is 45.6 Å². The van der Waals surface area contributed by atoms with Gasteiger partial charge in [0.15, 0.2) is 0 Å². The summed E-state index contributed by atoms with van der Waals surface area (Å²) in [5, 5.41) is 5.66. The van der Waals surface area contributed by atoms with E-state index in [9.17, 15) is 9.59 Å². The number of hydrogen-bond acceptors (Lipinski definition) is 3. The van der Waals surface area contributed by atoms with Gasteiger partial charge in [-0.15, -0.1) is 0 Å². The number of benzene rings is 1. The zero-order chi connectivity index (χ0) is 17.5. The first-order valence-corrected chi connectivity index (χ1v) is 8.50. The topological polar surface area (TPSA) is 71.1 Å². The molecule has 2 aromatic rings. The Morgan fingerprint density at radius 1 is 1.17 bits per heavy atom. The van der Waals surface area contributed by atoms with E-state index in [1.807, 2.05) is 32.0 Å². The van der Waals surface area contributed by atoms with Gasteiger partial charge in [-0.25, -0.2) is 0 Å². The standard InChI is InChI=1S/C18H20BrN3O2/c1-12(2)16(18(24)21-11-13-6-5-9-20-10-13)22-17(23)14-7-3-4-8-15(14)19/h3-10,12,16H,11H2,1-2H3,(H,21,24)(H,22,23)/t16-/m0/s1. The molecule has 0 saturated carbocycles. The van der Waals surface area contributed by atoms with E-state index in [1.165, 1.54) is 0 Å². The van der Waals surface area contributed by atoms with Crippen LogP contribution in [0.4, 0.5) is 0 Å². The second-order valence-corrected chi connectivity index (χ2v) is 6.61. The van der Waals surface area contributed by atoms with Crippen LogP contribution in [0, 0.1) is 5.92 Å². The fraction of sp³-hybridized carbons (Fsp3) is 0.278. The minimum atomic E-state index is -0.610. The second-order valence-electron chi connectivity index (χ2n) is 5.75. The van der Waals surface area contributed by atoms with Crippen LogP contribution >= 0.6 is 15.9 Å². The molecule has 0 fully saturated rings. The minimum Gasteiger partial charge on any atom is -0.350 e. The summed E-state index contributed by atoms with van der Waals surface area (Å²) in [5.74, 6) is -0.530. The third-order valence-corrected chi connectivity index (χ3v) is 4.24. The molecule has 0 radical (unpaired) electrons. The summed E-state index contributed by atoms with van der Waals surface area (Å²) in [7, 11) is 0. The van der Waals surface area contributed by atoms with E-state index in [0.717, 1.165) is 5.56 Å². The molecular formula is C18H20BrN3O2. The highest BCUT2D eigenvalue weighted by atomic mass is 79.9. The highest BCUT2D eigenvalue weighted by Crippen LogP contribution is 2.16. The van der Waals surface area contributed by atoms with Crippen molar-refractivity contribution in [1.82, 2.24) is 15.6 Å². The summed E-state index contributed by atoms with van der Waals surface area (Å²) in [5.41, 5.74) is 1.41. The Balaban J connectivity index is 2.02. The van der Waals surface area contributed by atoms with Crippen LogP contribution in [0.3, 0.4) is 0 Å². The van der Waals surface area contributed by atoms with Crippen LogP contribution in [-0.2, 0) is 11.3 Å². The van der Waals surface area contributed by atoms with Crippen molar-refractivity contribution < 1.29 is 9.59 Å². The van der Waals surface area contributed by atoms with Gasteiger partial charge in [0.2, 0.25) is 5.91 Å². The first-order valence-electron chi connectivity index (χ1n) is 7.71. The van der Waals surface area contributed by atoms with Crippen molar-refractivity contribution in [3.63, 3.8) is 0 Å². The van der Waals surface area contributed by atoms with Crippen LogP contribution in [0.25, 0.3) is 0 Å². The van der Waals surface area contributed by atoms with E-state index in [4.69, 9.17) is 0 Å². The SMILES string of the molecule is CC(C)[C@H](NC(=O)c1ccccc1Br)C(=O)NCc1cccnc1. The Bertz CT molecular complexity index is 704. The molecule has 0 saturated heterocycles. The summed E-state index contributed by atoms with van der Waals surface area (Å²) >= 11 is 3.35. The first kappa shape index (κ1) is 18.1. The van der Waals surface area contributed by atoms with E-state index in [2.05, 4.69) is 31.5 Å². The van der Waals surface area contributed by atoms with Crippen molar-refractivity contribution >= 4 is 27.7 Å². The fourth-order valence-electron chi connectivity index (χ4n) is 2.20. The molecule has 0 bridgehead atoms. The predicted molar refractivity (Wildman–Crippen MR) is 96.3 cm³/mol. The number of carbonyl (C=O) groups is 2. The van der Waals surface area contributed by atoms with E-state index >= 15 is 0 Å². The van der Waals surface area contributed by atoms with Crippen molar-refractivity contribution in [3.8, 4) is 0 Å². The molecule has 5 nitrogen and oxygen atoms in total. The minimum absolute atomic E-state index is 0.0367. The van der Waals surface area contributed by atoms with Crippen LogP contribution in [0.2, 0.25) is 0 Å². The van der Waals surface area contributed by atoms with Gasteiger partial charge in [-0.1, -0.05) is 32.0 Å². The Morgan fingerprint density at radius 2 is 1.92 bits per heavy atom. The maximum Gasteiger partial charge on any atom is 0.253 e. The monoisotopic (exact) mass is 389 g/mol. The van der Waals surface area contributed by atoms with E-state index < -0.39 is 6.04 Å². The van der Waals surface area contributed by atoms with Gasteiger partial charge in [0, 0.05) is 23.4 Å². The molecule has 1 atom stereocenters. The number of hydrogen-bond donors (Lipinski definition) is 2. The van der Waals surface area contributed by atoms with Gasteiger partial charge in [0.1, 0.15) is 6.04 Å². The first-order chi connectivity index (χ1) is 11.5. The lowest BCUT2D eigenvalue weighted by atomic mass is 10.0. The quantitative estimate of drug-likeness (QED) is 0.797. The number of amides is 2. The summed E-state index contributed by atoms with van der Waals surface area (Å²) < 4.78 is 0.695. The normalized spacial score (nSPS) is 11.8. The van der Waals surface area contributed by atoms with Crippen LogP contribution in [-0.4, -0.2) is 22.8 Å². The number of carbonyl (C=O) groups excluding carboxylic acids is 2. The third kappa shape index (κ3) is 4.89. The van der Waals surface area contributed by atoms with Gasteiger partial charge in [-0.2, -0.15) is 0 Å². The molecular weight excluding hydrogens is 370 g/mol. The van der Waals surface area contributed by atoms with E-state index in [-0.39, 0.29) is 17.7 Å². The summed E-state index contributed by atoms with van der Waals surface area (Å²) in [4.78, 5) is 28.9. The number of halogens is 1. The molecule has 2 rings (SSSR count). The molecule has 0 aliphatic rings. The van der Waals surface area contributed by atoms with Gasteiger partial charge in [0.25, 0.3) is 5.91 Å². The van der Waals surface area contributed by atoms with Crippen LogP contribution in [0.1, 0.15) is 29.8 Å². The Morgan fingerprint density at radius 3 is 2.54 bits per heavy atom. The molecule has 0 unspecified atom stereocenters. The fourth-order valence-corrected chi connectivity index (χ4v) is 2.67. The molecule has 126 valence electrons. The molecule has 0 aliphatic carbocycles. The summed E-state index contributed by atoms with van der Waals surface area (Å²) in [6.07, 6.45) is 3.38. The van der Waals surface area contributed by atoms with Crippen molar-refractivity contribution in [2.75, 3.05) is 0 Å². The summed E-state index contributed by atoms with van der Waals surface area (Å²) in [6.45, 7) is 4.17. The third-order valence-electron chi connectivity index (χ3n) is 3.54. The van der Waals surface area contributed by atoms with Crippen molar-refractivity contribution in [2.24, 2.45) is 5.92 Å². The second kappa shape index (κ2) is 8.59. The lowest BCUT2D eigenvalue weighted by Crippen LogP contribution is -2.49. The van der Waals surface area contributed by atoms with E-state index in [0.29, 0.717) is 16.6 Å². The van der Waals surface area contributed by atoms with Gasteiger partial charge in [0.05, 0.1) is 5.56 Å². The van der Waals surface area contributed by atoms with Crippen molar-refractivity contribution in [2.45, 2.75) is 26.4 Å². The van der Waals surface area contributed by atoms with Crippen molar-refractivity contribution in [3.05, 3.63) is 64.4 Å². The molecule has 2 N–H and O–H groups in total. The number of rotatable bonds is 6. The lowest BCUT2D eigenvalue weighted by molar-refractivity contribution is -0.124. The predicted octanol–water partition coefficient (Wildman–Crippen LogP) is 2.91. The van der Waals surface area contributed by atoms with Gasteiger partial charge < -0.3 is 10.6 Å².